The minimum Gasteiger partial charge on any atom is -0.370 e. The molecule has 1 fully saturated rings. The van der Waals surface area contributed by atoms with Gasteiger partial charge in [0.2, 0.25) is 0 Å². The number of hydrogen-bond donors (Lipinski definition) is 1. The molecular formula is C16H17N3. The minimum absolute atomic E-state index is 0.694. The lowest BCUT2D eigenvalue weighted by Gasteiger charge is -2.12. The van der Waals surface area contributed by atoms with Gasteiger partial charge >= 0.3 is 0 Å². The summed E-state index contributed by atoms with van der Waals surface area (Å²) < 4.78 is 0. The molecule has 0 radical (unpaired) electrons. The van der Waals surface area contributed by atoms with E-state index in [2.05, 4.69) is 16.4 Å². The summed E-state index contributed by atoms with van der Waals surface area (Å²) in [4.78, 5) is 4.58. The molecule has 1 aliphatic rings. The van der Waals surface area contributed by atoms with E-state index in [-0.39, 0.29) is 0 Å². The van der Waals surface area contributed by atoms with Crippen LogP contribution in [0.5, 0.6) is 0 Å². The highest BCUT2D eigenvalue weighted by Crippen LogP contribution is 2.25. The van der Waals surface area contributed by atoms with Crippen molar-refractivity contribution < 1.29 is 0 Å². The lowest BCUT2D eigenvalue weighted by Crippen LogP contribution is -2.12. The van der Waals surface area contributed by atoms with Gasteiger partial charge in [-0.25, -0.2) is 4.98 Å². The van der Waals surface area contributed by atoms with Gasteiger partial charge in [0.15, 0.2) is 0 Å². The molecule has 0 atom stereocenters. The third-order valence-corrected chi connectivity index (χ3v) is 3.88. The van der Waals surface area contributed by atoms with Crippen molar-refractivity contribution in [1.82, 2.24) is 4.98 Å². The van der Waals surface area contributed by atoms with Crippen molar-refractivity contribution in [2.45, 2.75) is 25.7 Å². The smallest absolute Gasteiger partial charge is 0.127 e. The summed E-state index contributed by atoms with van der Waals surface area (Å²) in [5, 5.41) is 13.6. The molecule has 0 amide bonds. The summed E-state index contributed by atoms with van der Waals surface area (Å²) in [6.07, 6.45) is 5.32. The Morgan fingerprint density at radius 2 is 2.05 bits per heavy atom. The Kier molecular flexibility index (Phi) is 3.33. The zero-order valence-electron chi connectivity index (χ0n) is 10.9. The molecule has 0 aliphatic heterocycles. The first kappa shape index (κ1) is 12.0. The van der Waals surface area contributed by atoms with Crippen LogP contribution in [0.3, 0.4) is 0 Å². The molecule has 0 spiro atoms. The van der Waals surface area contributed by atoms with Gasteiger partial charge in [0, 0.05) is 11.9 Å². The summed E-state index contributed by atoms with van der Waals surface area (Å²) in [7, 11) is 0. The highest BCUT2D eigenvalue weighted by atomic mass is 15.0. The molecule has 1 heterocycles. The standard InChI is InChI=1S/C16H17N3/c17-10-13-9-16(18-11-12-5-1-2-6-12)19-15-8-4-3-7-14(13)15/h3-4,7-9,12H,1-2,5-6,11H2,(H,18,19). The van der Waals surface area contributed by atoms with E-state index < -0.39 is 0 Å². The first-order chi connectivity index (χ1) is 9.36. The van der Waals surface area contributed by atoms with Gasteiger partial charge in [-0.1, -0.05) is 31.0 Å². The Balaban J connectivity index is 1.85. The lowest BCUT2D eigenvalue weighted by atomic mass is 10.1. The molecule has 1 saturated carbocycles. The monoisotopic (exact) mass is 251 g/mol. The van der Waals surface area contributed by atoms with E-state index in [0.717, 1.165) is 29.2 Å². The van der Waals surface area contributed by atoms with Crippen molar-refractivity contribution in [3.63, 3.8) is 0 Å². The number of fused-ring (bicyclic) bond motifs is 1. The van der Waals surface area contributed by atoms with Crippen LogP contribution in [0, 0.1) is 17.2 Å². The number of para-hydroxylation sites is 1. The van der Waals surface area contributed by atoms with Crippen molar-refractivity contribution in [3.05, 3.63) is 35.9 Å². The molecular weight excluding hydrogens is 234 g/mol. The van der Waals surface area contributed by atoms with Gasteiger partial charge in [0.1, 0.15) is 5.82 Å². The van der Waals surface area contributed by atoms with Crippen LogP contribution in [-0.4, -0.2) is 11.5 Å². The van der Waals surface area contributed by atoms with Gasteiger partial charge in [-0.2, -0.15) is 5.26 Å². The maximum absolute atomic E-state index is 9.23. The minimum atomic E-state index is 0.694. The van der Waals surface area contributed by atoms with Crippen molar-refractivity contribution in [2.75, 3.05) is 11.9 Å². The van der Waals surface area contributed by atoms with Crippen LogP contribution < -0.4 is 5.32 Å². The third-order valence-electron chi connectivity index (χ3n) is 3.88. The maximum Gasteiger partial charge on any atom is 0.127 e. The number of benzene rings is 1. The second kappa shape index (κ2) is 5.27. The Labute approximate surface area is 113 Å². The summed E-state index contributed by atoms with van der Waals surface area (Å²) in [5.74, 6) is 1.58. The Morgan fingerprint density at radius 3 is 2.84 bits per heavy atom. The zero-order chi connectivity index (χ0) is 13.1. The molecule has 3 heteroatoms. The average molecular weight is 251 g/mol. The predicted octanol–water partition coefficient (Wildman–Crippen LogP) is 3.71. The van der Waals surface area contributed by atoms with Gasteiger partial charge < -0.3 is 5.32 Å². The fourth-order valence-electron chi connectivity index (χ4n) is 2.82. The molecule has 3 nitrogen and oxygen atoms in total. The molecule has 19 heavy (non-hydrogen) atoms. The van der Waals surface area contributed by atoms with Crippen molar-refractivity contribution in [1.29, 1.82) is 5.26 Å². The molecule has 0 bridgehead atoms. The fraction of sp³-hybridized carbons (Fsp3) is 0.375. The largest absolute Gasteiger partial charge is 0.370 e. The summed E-state index contributed by atoms with van der Waals surface area (Å²) in [6.45, 7) is 0.968. The molecule has 2 aromatic rings. The van der Waals surface area contributed by atoms with Crippen LogP contribution in [0.15, 0.2) is 30.3 Å². The Bertz CT molecular complexity index is 621. The number of aromatic nitrogens is 1. The van der Waals surface area contributed by atoms with Gasteiger partial charge in [-0.05, 0) is 30.9 Å². The molecule has 1 aliphatic carbocycles. The molecule has 1 aromatic carbocycles. The maximum atomic E-state index is 9.23. The number of nitriles is 1. The second-order valence-electron chi connectivity index (χ2n) is 5.22. The predicted molar refractivity (Wildman–Crippen MR) is 76.9 cm³/mol. The van der Waals surface area contributed by atoms with Gasteiger partial charge in [0.25, 0.3) is 0 Å². The quantitative estimate of drug-likeness (QED) is 0.904. The average Bonchev–Trinajstić information content (AvgIpc) is 2.97. The van der Waals surface area contributed by atoms with E-state index in [9.17, 15) is 5.26 Å². The first-order valence-corrected chi connectivity index (χ1v) is 6.90. The van der Waals surface area contributed by atoms with Crippen LogP contribution in [0.1, 0.15) is 31.2 Å². The van der Waals surface area contributed by atoms with E-state index in [0.29, 0.717) is 5.56 Å². The highest BCUT2D eigenvalue weighted by molar-refractivity contribution is 5.86. The number of nitrogens with zero attached hydrogens (tertiary/aromatic N) is 2. The summed E-state index contributed by atoms with van der Waals surface area (Å²) >= 11 is 0. The van der Waals surface area contributed by atoms with E-state index in [1.54, 1.807) is 0 Å². The van der Waals surface area contributed by atoms with Gasteiger partial charge in [0.05, 0.1) is 17.1 Å². The van der Waals surface area contributed by atoms with Crippen molar-refractivity contribution in [2.24, 2.45) is 5.92 Å². The van der Waals surface area contributed by atoms with E-state index in [4.69, 9.17) is 0 Å². The number of anilines is 1. The van der Waals surface area contributed by atoms with E-state index in [1.165, 1.54) is 25.7 Å². The molecule has 1 aromatic heterocycles. The SMILES string of the molecule is N#Cc1cc(NCC2CCCC2)nc2ccccc12. The van der Waals surface area contributed by atoms with Crippen LogP contribution >= 0.6 is 0 Å². The van der Waals surface area contributed by atoms with Crippen molar-refractivity contribution in [3.8, 4) is 6.07 Å². The first-order valence-electron chi connectivity index (χ1n) is 6.90. The van der Waals surface area contributed by atoms with Gasteiger partial charge in [-0.15, -0.1) is 0 Å². The molecule has 0 unspecified atom stereocenters. The molecule has 1 N–H and O–H groups in total. The number of nitrogens with one attached hydrogen (secondary N) is 1. The Morgan fingerprint density at radius 1 is 1.26 bits per heavy atom. The number of hydrogen-bond acceptors (Lipinski definition) is 3. The fourth-order valence-corrected chi connectivity index (χ4v) is 2.82. The van der Waals surface area contributed by atoms with E-state index in [1.807, 2.05) is 30.3 Å². The van der Waals surface area contributed by atoms with Gasteiger partial charge in [-0.3, -0.25) is 0 Å². The lowest BCUT2D eigenvalue weighted by molar-refractivity contribution is 0.579. The van der Waals surface area contributed by atoms with Crippen LogP contribution in [0.2, 0.25) is 0 Å². The van der Waals surface area contributed by atoms with Crippen LogP contribution in [0.4, 0.5) is 5.82 Å². The Hall–Kier alpha value is -2.08. The normalized spacial score (nSPS) is 15.5. The topological polar surface area (TPSA) is 48.7 Å². The number of rotatable bonds is 3. The third kappa shape index (κ3) is 2.53. The van der Waals surface area contributed by atoms with Crippen molar-refractivity contribution >= 4 is 16.7 Å². The van der Waals surface area contributed by atoms with E-state index >= 15 is 0 Å². The van der Waals surface area contributed by atoms with Crippen LogP contribution in [0.25, 0.3) is 10.9 Å². The highest BCUT2D eigenvalue weighted by Gasteiger charge is 2.15. The number of pyridine rings is 1. The second-order valence-corrected chi connectivity index (χ2v) is 5.22. The molecule has 0 saturated heterocycles. The zero-order valence-corrected chi connectivity index (χ0v) is 10.9. The summed E-state index contributed by atoms with van der Waals surface area (Å²) in [5.41, 5.74) is 1.58. The molecule has 3 rings (SSSR count). The van der Waals surface area contributed by atoms with Crippen LogP contribution in [-0.2, 0) is 0 Å². The molecule has 96 valence electrons. The summed E-state index contributed by atoms with van der Waals surface area (Å²) in [6, 6.07) is 11.9.